The maximum Gasteiger partial charge on any atom is 0.217 e. The summed E-state index contributed by atoms with van der Waals surface area (Å²) in [6.45, 7) is 0.672. The number of carbonyl (C=O) groups excluding carboxylic acids is 1. The molecule has 8 nitrogen and oxygen atoms in total. The van der Waals surface area contributed by atoms with E-state index < -0.39 is 43.2 Å². The minimum atomic E-state index is -1.38. The van der Waals surface area contributed by atoms with Crippen molar-refractivity contribution in [3.8, 4) is 0 Å². The Morgan fingerprint density at radius 1 is 1.44 bits per heavy atom. The monoisotopic (exact) mass is 265 g/mol. The third kappa shape index (κ3) is 3.61. The highest BCUT2D eigenvalue weighted by atomic mass is 16.7. The van der Waals surface area contributed by atoms with Gasteiger partial charge in [0.15, 0.2) is 6.29 Å². The molecule has 0 aliphatic carbocycles. The molecule has 0 saturated carbocycles. The number of methoxy groups -OCH3 is 1. The van der Waals surface area contributed by atoms with Crippen LogP contribution in [-0.2, 0) is 19.0 Å². The first-order valence-corrected chi connectivity index (χ1v) is 5.51. The van der Waals surface area contributed by atoms with Crippen LogP contribution in [0.1, 0.15) is 6.92 Å². The first-order chi connectivity index (χ1) is 8.51. The van der Waals surface area contributed by atoms with Crippen LogP contribution in [0.4, 0.5) is 0 Å². The van der Waals surface area contributed by atoms with Crippen LogP contribution in [0.15, 0.2) is 0 Å². The molecule has 1 rings (SSSR count). The van der Waals surface area contributed by atoms with Crippen molar-refractivity contribution in [2.24, 2.45) is 0 Å². The molecule has 1 heterocycles. The standard InChI is InChI=1S/C10H19NO7/c1-5(13)11-7-9(17-4-16-2)8(14)6(3-12)18-10(7)15/h6-10,12,14-15H,3-4H2,1-2H3,(H,11,13)/t6-,7-,8-,9-,10-/m1/s1. The first-order valence-electron chi connectivity index (χ1n) is 5.51. The lowest BCUT2D eigenvalue weighted by molar-refractivity contribution is -0.271. The minimum absolute atomic E-state index is 0.122. The molecular weight excluding hydrogens is 246 g/mol. The molecule has 18 heavy (non-hydrogen) atoms. The number of hydrogen-bond acceptors (Lipinski definition) is 7. The van der Waals surface area contributed by atoms with E-state index in [1.54, 1.807) is 0 Å². The Bertz CT molecular complexity index is 275. The zero-order chi connectivity index (χ0) is 13.7. The first kappa shape index (κ1) is 15.3. The zero-order valence-corrected chi connectivity index (χ0v) is 10.3. The molecule has 0 aromatic heterocycles. The molecule has 1 saturated heterocycles. The summed E-state index contributed by atoms with van der Waals surface area (Å²) in [6, 6.07) is -0.935. The van der Waals surface area contributed by atoms with Crippen LogP contribution in [-0.4, -0.2) is 72.4 Å². The summed E-state index contributed by atoms with van der Waals surface area (Å²) in [5.41, 5.74) is 0. The largest absolute Gasteiger partial charge is 0.394 e. The predicted molar refractivity (Wildman–Crippen MR) is 58.3 cm³/mol. The van der Waals surface area contributed by atoms with Crippen molar-refractivity contribution in [3.63, 3.8) is 0 Å². The third-order valence-corrected chi connectivity index (χ3v) is 2.62. The fourth-order valence-corrected chi connectivity index (χ4v) is 1.82. The van der Waals surface area contributed by atoms with Crippen molar-refractivity contribution in [1.29, 1.82) is 0 Å². The van der Waals surface area contributed by atoms with Gasteiger partial charge in [0.2, 0.25) is 5.91 Å². The Hall–Kier alpha value is -0.770. The van der Waals surface area contributed by atoms with Crippen LogP contribution in [0.25, 0.3) is 0 Å². The molecule has 1 fully saturated rings. The normalized spacial score (nSPS) is 36.4. The Kier molecular flexibility index (Phi) is 5.93. The number of hydrogen-bond donors (Lipinski definition) is 4. The molecule has 0 unspecified atom stereocenters. The number of amides is 1. The second-order valence-corrected chi connectivity index (χ2v) is 4.00. The molecule has 106 valence electrons. The van der Waals surface area contributed by atoms with Crippen LogP contribution in [0, 0.1) is 0 Å². The number of rotatable bonds is 5. The van der Waals surface area contributed by atoms with Crippen molar-refractivity contribution in [3.05, 3.63) is 0 Å². The number of nitrogens with one attached hydrogen (secondary N) is 1. The van der Waals surface area contributed by atoms with E-state index in [1.807, 2.05) is 0 Å². The van der Waals surface area contributed by atoms with Crippen LogP contribution in [0.2, 0.25) is 0 Å². The molecule has 5 atom stereocenters. The van der Waals surface area contributed by atoms with Gasteiger partial charge >= 0.3 is 0 Å². The van der Waals surface area contributed by atoms with Gasteiger partial charge in [0.05, 0.1) is 6.61 Å². The summed E-state index contributed by atoms with van der Waals surface area (Å²) >= 11 is 0. The lowest BCUT2D eigenvalue weighted by atomic mass is 9.97. The van der Waals surface area contributed by atoms with Crippen molar-refractivity contribution >= 4 is 5.91 Å². The lowest BCUT2D eigenvalue weighted by Crippen LogP contribution is -2.64. The maximum absolute atomic E-state index is 11.0. The van der Waals surface area contributed by atoms with Gasteiger partial charge in [-0.15, -0.1) is 0 Å². The molecule has 4 N–H and O–H groups in total. The summed E-state index contributed by atoms with van der Waals surface area (Å²) in [6.07, 6.45) is -4.48. The molecule has 0 aromatic carbocycles. The van der Waals surface area contributed by atoms with Crippen molar-refractivity contribution in [2.45, 2.75) is 37.6 Å². The Labute approximate surface area is 104 Å². The van der Waals surface area contributed by atoms with E-state index in [1.165, 1.54) is 14.0 Å². The molecule has 0 bridgehead atoms. The zero-order valence-electron chi connectivity index (χ0n) is 10.3. The fourth-order valence-electron chi connectivity index (χ4n) is 1.82. The molecule has 0 radical (unpaired) electrons. The van der Waals surface area contributed by atoms with Gasteiger partial charge in [-0.05, 0) is 0 Å². The van der Waals surface area contributed by atoms with Gasteiger partial charge in [-0.1, -0.05) is 0 Å². The topological polar surface area (TPSA) is 117 Å². The minimum Gasteiger partial charge on any atom is -0.394 e. The van der Waals surface area contributed by atoms with Gasteiger partial charge in [-0.2, -0.15) is 0 Å². The third-order valence-electron chi connectivity index (χ3n) is 2.62. The molecule has 0 spiro atoms. The molecule has 1 aliphatic heterocycles. The van der Waals surface area contributed by atoms with E-state index in [0.717, 1.165) is 0 Å². The number of ether oxygens (including phenoxy) is 3. The van der Waals surface area contributed by atoms with E-state index in [9.17, 15) is 15.0 Å². The second-order valence-electron chi connectivity index (χ2n) is 4.00. The van der Waals surface area contributed by atoms with E-state index in [-0.39, 0.29) is 6.79 Å². The Morgan fingerprint density at radius 3 is 2.61 bits per heavy atom. The lowest BCUT2D eigenvalue weighted by Gasteiger charge is -2.42. The average molecular weight is 265 g/mol. The van der Waals surface area contributed by atoms with Gasteiger partial charge < -0.3 is 34.8 Å². The predicted octanol–water partition coefficient (Wildman–Crippen LogP) is -2.45. The van der Waals surface area contributed by atoms with Gasteiger partial charge in [-0.25, -0.2) is 0 Å². The molecule has 8 heteroatoms. The second kappa shape index (κ2) is 6.98. The number of carbonyl (C=O) groups is 1. The van der Waals surface area contributed by atoms with Gasteiger partial charge in [0.25, 0.3) is 0 Å². The number of aliphatic hydroxyl groups is 3. The van der Waals surface area contributed by atoms with Crippen LogP contribution >= 0.6 is 0 Å². The Balaban J connectivity index is 2.79. The van der Waals surface area contributed by atoms with Crippen molar-refractivity contribution in [1.82, 2.24) is 5.32 Å². The van der Waals surface area contributed by atoms with Crippen LogP contribution in [0.3, 0.4) is 0 Å². The smallest absolute Gasteiger partial charge is 0.217 e. The van der Waals surface area contributed by atoms with E-state index in [2.05, 4.69) is 5.32 Å². The van der Waals surface area contributed by atoms with Crippen molar-refractivity contribution < 1.29 is 34.3 Å². The fraction of sp³-hybridized carbons (Fsp3) is 0.900. The molecule has 1 amide bonds. The molecule has 0 aromatic rings. The summed E-state index contributed by atoms with van der Waals surface area (Å²) in [5, 5.41) is 31.1. The van der Waals surface area contributed by atoms with Crippen LogP contribution < -0.4 is 5.32 Å². The highest BCUT2D eigenvalue weighted by Gasteiger charge is 2.45. The van der Waals surface area contributed by atoms with Crippen molar-refractivity contribution in [2.75, 3.05) is 20.5 Å². The summed E-state index contributed by atoms with van der Waals surface area (Å²) in [7, 11) is 1.40. The summed E-state index contributed by atoms with van der Waals surface area (Å²) in [4.78, 5) is 11.0. The Morgan fingerprint density at radius 2 is 2.11 bits per heavy atom. The van der Waals surface area contributed by atoms with E-state index in [4.69, 9.17) is 19.3 Å². The highest BCUT2D eigenvalue weighted by Crippen LogP contribution is 2.22. The van der Waals surface area contributed by atoms with Gasteiger partial charge in [-0.3, -0.25) is 4.79 Å². The summed E-state index contributed by atoms with van der Waals surface area (Å²) in [5.74, 6) is -0.400. The van der Waals surface area contributed by atoms with Gasteiger partial charge in [0.1, 0.15) is 31.1 Å². The SMILES string of the molecule is COCO[C@H]1[C@H](O)[C@@H](CO)O[C@@H](O)[C@@H]1NC(C)=O. The highest BCUT2D eigenvalue weighted by molar-refractivity contribution is 5.73. The maximum atomic E-state index is 11.0. The molecular formula is C10H19NO7. The van der Waals surface area contributed by atoms with E-state index >= 15 is 0 Å². The van der Waals surface area contributed by atoms with Gasteiger partial charge in [0, 0.05) is 14.0 Å². The quantitative estimate of drug-likeness (QED) is 0.408. The summed E-state index contributed by atoms with van der Waals surface area (Å²) < 4.78 is 14.9. The average Bonchev–Trinajstić information content (AvgIpc) is 2.32. The van der Waals surface area contributed by atoms with E-state index in [0.29, 0.717) is 0 Å². The molecule has 1 aliphatic rings. The van der Waals surface area contributed by atoms with Crippen LogP contribution in [0.5, 0.6) is 0 Å². The number of aliphatic hydroxyl groups excluding tert-OH is 3.